The van der Waals surface area contributed by atoms with Gasteiger partial charge in [-0.3, -0.25) is 4.72 Å². The SMILES string of the molecule is C[C@H](CO)Nc1cc(NS(=O)(=O)c2ccc(C(=O)O)o2)nc(SCc2ccccc2)n1. The van der Waals surface area contributed by atoms with Gasteiger partial charge in [-0.25, -0.2) is 14.8 Å². The van der Waals surface area contributed by atoms with Crippen molar-refractivity contribution in [3.63, 3.8) is 0 Å². The summed E-state index contributed by atoms with van der Waals surface area (Å²) < 4.78 is 32.3. The molecule has 2 heterocycles. The van der Waals surface area contributed by atoms with E-state index in [9.17, 15) is 18.3 Å². The van der Waals surface area contributed by atoms with Gasteiger partial charge in [0.2, 0.25) is 10.9 Å². The van der Waals surface area contributed by atoms with Gasteiger partial charge in [0.25, 0.3) is 10.0 Å². The Morgan fingerprint density at radius 2 is 1.87 bits per heavy atom. The average molecular weight is 465 g/mol. The fraction of sp³-hybridized carbons (Fsp3) is 0.211. The number of aromatic carboxylic acids is 1. The number of rotatable bonds is 10. The number of sulfonamides is 1. The van der Waals surface area contributed by atoms with E-state index in [4.69, 9.17) is 9.52 Å². The number of aromatic nitrogens is 2. The molecule has 3 aromatic rings. The number of thioether (sulfide) groups is 1. The zero-order valence-electron chi connectivity index (χ0n) is 16.3. The molecule has 0 saturated heterocycles. The standard InChI is InChI=1S/C19H20N4O6S2/c1-12(10-24)20-15-9-16(22-19(21-15)30-11-13-5-3-2-4-6-13)23-31(27,28)17-8-7-14(29-17)18(25)26/h2-9,12,24H,10-11H2,1H3,(H,25,26)(H2,20,21,22,23)/t12-/m1/s1. The van der Waals surface area contributed by atoms with E-state index in [0.29, 0.717) is 16.7 Å². The van der Waals surface area contributed by atoms with E-state index in [1.54, 1.807) is 6.92 Å². The molecule has 12 heteroatoms. The molecule has 164 valence electrons. The molecule has 0 bridgehead atoms. The molecule has 3 rings (SSSR count). The molecule has 0 aliphatic rings. The van der Waals surface area contributed by atoms with E-state index in [1.807, 2.05) is 30.3 Å². The first-order valence-electron chi connectivity index (χ1n) is 9.06. The minimum absolute atomic E-state index is 0.0357. The van der Waals surface area contributed by atoms with E-state index >= 15 is 0 Å². The van der Waals surface area contributed by atoms with Gasteiger partial charge in [0.05, 0.1) is 6.61 Å². The highest BCUT2D eigenvalue weighted by molar-refractivity contribution is 7.98. The van der Waals surface area contributed by atoms with Gasteiger partial charge in [-0.15, -0.1) is 0 Å². The van der Waals surface area contributed by atoms with Crippen molar-refractivity contribution in [3.8, 4) is 0 Å². The van der Waals surface area contributed by atoms with Gasteiger partial charge in [0.1, 0.15) is 11.6 Å². The molecule has 0 saturated carbocycles. The van der Waals surface area contributed by atoms with Crippen LogP contribution in [0.2, 0.25) is 0 Å². The van der Waals surface area contributed by atoms with Gasteiger partial charge in [-0.2, -0.15) is 8.42 Å². The van der Waals surface area contributed by atoms with E-state index in [0.717, 1.165) is 17.7 Å². The van der Waals surface area contributed by atoms with Gasteiger partial charge >= 0.3 is 5.97 Å². The number of carboxylic acid groups (broad SMARTS) is 1. The molecule has 0 aliphatic heterocycles. The van der Waals surface area contributed by atoms with Crippen molar-refractivity contribution < 1.29 is 27.8 Å². The molecule has 10 nitrogen and oxygen atoms in total. The van der Waals surface area contributed by atoms with Crippen LogP contribution in [0, 0.1) is 0 Å². The zero-order chi connectivity index (χ0) is 22.4. The number of nitrogens with zero attached hydrogens (tertiary/aromatic N) is 2. The minimum Gasteiger partial charge on any atom is -0.475 e. The van der Waals surface area contributed by atoms with Gasteiger partial charge in [-0.05, 0) is 24.6 Å². The van der Waals surface area contributed by atoms with Crippen molar-refractivity contribution in [2.24, 2.45) is 0 Å². The molecule has 1 aromatic carbocycles. The molecular weight excluding hydrogens is 444 g/mol. The quantitative estimate of drug-likeness (QED) is 0.260. The summed E-state index contributed by atoms with van der Waals surface area (Å²) in [6, 6.07) is 12.8. The number of carbonyl (C=O) groups is 1. The smallest absolute Gasteiger partial charge is 0.371 e. The molecule has 2 aromatic heterocycles. The largest absolute Gasteiger partial charge is 0.475 e. The van der Waals surface area contributed by atoms with Gasteiger partial charge in [0, 0.05) is 17.9 Å². The first-order valence-corrected chi connectivity index (χ1v) is 11.5. The van der Waals surface area contributed by atoms with Crippen molar-refractivity contribution >= 4 is 39.4 Å². The number of aliphatic hydroxyl groups excluding tert-OH is 1. The Kier molecular flexibility index (Phi) is 7.15. The van der Waals surface area contributed by atoms with Crippen LogP contribution < -0.4 is 10.0 Å². The second kappa shape index (κ2) is 9.81. The first kappa shape index (κ1) is 22.6. The highest BCUT2D eigenvalue weighted by Gasteiger charge is 2.22. The highest BCUT2D eigenvalue weighted by Crippen LogP contribution is 2.25. The fourth-order valence-corrected chi connectivity index (χ4v) is 4.14. The number of furan rings is 1. The second-order valence-electron chi connectivity index (χ2n) is 6.45. The molecule has 0 unspecified atom stereocenters. The average Bonchev–Trinajstić information content (AvgIpc) is 3.24. The third-order valence-electron chi connectivity index (χ3n) is 3.88. The van der Waals surface area contributed by atoms with Crippen molar-refractivity contribution in [2.75, 3.05) is 16.6 Å². The van der Waals surface area contributed by atoms with Crippen molar-refractivity contribution in [1.82, 2.24) is 9.97 Å². The van der Waals surface area contributed by atoms with Crippen LogP contribution in [0.1, 0.15) is 23.0 Å². The predicted molar refractivity (Wildman–Crippen MR) is 115 cm³/mol. The molecule has 0 spiro atoms. The Hall–Kier alpha value is -3.09. The summed E-state index contributed by atoms with van der Waals surface area (Å²) in [5.74, 6) is -1.04. The van der Waals surface area contributed by atoms with E-state index < -0.39 is 26.8 Å². The van der Waals surface area contributed by atoms with Crippen LogP contribution in [0.15, 0.2) is 63.2 Å². The molecule has 31 heavy (non-hydrogen) atoms. The number of nitrogens with one attached hydrogen (secondary N) is 2. The summed E-state index contributed by atoms with van der Waals surface area (Å²) in [5, 5.41) is 20.9. The van der Waals surface area contributed by atoms with Crippen LogP contribution in [0.3, 0.4) is 0 Å². The maximum absolute atomic E-state index is 12.6. The van der Waals surface area contributed by atoms with E-state index in [1.165, 1.54) is 17.8 Å². The summed E-state index contributed by atoms with van der Waals surface area (Å²) in [7, 11) is -4.22. The molecule has 0 amide bonds. The summed E-state index contributed by atoms with van der Waals surface area (Å²) >= 11 is 1.31. The number of benzene rings is 1. The third kappa shape index (κ3) is 6.20. The van der Waals surface area contributed by atoms with E-state index in [-0.39, 0.29) is 18.5 Å². The van der Waals surface area contributed by atoms with Crippen LogP contribution in [0.4, 0.5) is 11.6 Å². The number of hydrogen-bond donors (Lipinski definition) is 4. The number of hydrogen-bond acceptors (Lipinski definition) is 9. The molecule has 0 fully saturated rings. The Labute approximate surface area is 182 Å². The maximum Gasteiger partial charge on any atom is 0.371 e. The summed E-state index contributed by atoms with van der Waals surface area (Å²) in [4.78, 5) is 19.5. The minimum atomic E-state index is -4.22. The molecule has 0 aliphatic carbocycles. The second-order valence-corrected chi connectivity index (χ2v) is 9.01. The fourth-order valence-electron chi connectivity index (χ4n) is 2.40. The number of carboxylic acids is 1. The normalized spacial score (nSPS) is 12.3. The van der Waals surface area contributed by atoms with Crippen LogP contribution in [0.25, 0.3) is 0 Å². The summed E-state index contributed by atoms with van der Waals surface area (Å²) in [6.07, 6.45) is 0. The molecule has 4 N–H and O–H groups in total. The van der Waals surface area contributed by atoms with Crippen molar-refractivity contribution in [2.45, 2.75) is 29.0 Å². The van der Waals surface area contributed by atoms with E-state index in [2.05, 4.69) is 20.0 Å². The van der Waals surface area contributed by atoms with Crippen molar-refractivity contribution in [1.29, 1.82) is 0 Å². The number of anilines is 2. The maximum atomic E-state index is 12.6. The zero-order valence-corrected chi connectivity index (χ0v) is 18.0. The predicted octanol–water partition coefficient (Wildman–Crippen LogP) is 2.65. The summed E-state index contributed by atoms with van der Waals surface area (Å²) in [5.41, 5.74) is 1.04. The van der Waals surface area contributed by atoms with Crippen LogP contribution >= 0.6 is 11.8 Å². The Balaban J connectivity index is 1.86. The monoisotopic (exact) mass is 464 g/mol. The molecule has 0 radical (unpaired) electrons. The topological polar surface area (TPSA) is 155 Å². The van der Waals surface area contributed by atoms with Crippen LogP contribution in [0.5, 0.6) is 0 Å². The Morgan fingerprint density at radius 1 is 1.16 bits per heavy atom. The summed E-state index contributed by atoms with van der Waals surface area (Å²) in [6.45, 7) is 1.58. The molecular formula is C19H20N4O6S2. The lowest BCUT2D eigenvalue weighted by Crippen LogP contribution is -2.21. The van der Waals surface area contributed by atoms with Crippen molar-refractivity contribution in [3.05, 3.63) is 59.9 Å². The van der Waals surface area contributed by atoms with Crippen LogP contribution in [-0.4, -0.2) is 47.2 Å². The number of aliphatic hydroxyl groups is 1. The first-order chi connectivity index (χ1) is 14.8. The van der Waals surface area contributed by atoms with Gasteiger partial charge in [0.15, 0.2) is 5.16 Å². The lowest BCUT2D eigenvalue weighted by atomic mass is 10.2. The molecule has 1 atom stereocenters. The Morgan fingerprint density at radius 3 is 2.52 bits per heavy atom. The van der Waals surface area contributed by atoms with Crippen LogP contribution in [-0.2, 0) is 15.8 Å². The lowest BCUT2D eigenvalue weighted by Gasteiger charge is -2.14. The Bertz CT molecular complexity index is 1150. The van der Waals surface area contributed by atoms with Gasteiger partial charge in [-0.1, -0.05) is 42.1 Å². The third-order valence-corrected chi connectivity index (χ3v) is 6.03. The highest BCUT2D eigenvalue weighted by atomic mass is 32.2. The lowest BCUT2D eigenvalue weighted by molar-refractivity contribution is 0.0656. The van der Waals surface area contributed by atoms with Gasteiger partial charge < -0.3 is 19.9 Å².